The quantitative estimate of drug-likeness (QED) is 0.660. The SMILES string of the molecule is CCc1cncc(F)c1C(C)C. The van der Waals surface area contributed by atoms with Crippen LogP contribution < -0.4 is 0 Å². The van der Waals surface area contributed by atoms with E-state index >= 15 is 0 Å². The zero-order valence-corrected chi connectivity index (χ0v) is 7.76. The second kappa shape index (κ2) is 3.65. The van der Waals surface area contributed by atoms with E-state index in [2.05, 4.69) is 4.98 Å². The number of nitrogens with zero attached hydrogens (tertiary/aromatic N) is 1. The Morgan fingerprint density at radius 2 is 2.08 bits per heavy atom. The number of aromatic nitrogens is 1. The predicted molar refractivity (Wildman–Crippen MR) is 47.7 cm³/mol. The highest BCUT2D eigenvalue weighted by Gasteiger charge is 2.10. The molecule has 66 valence electrons. The Morgan fingerprint density at radius 1 is 1.42 bits per heavy atom. The van der Waals surface area contributed by atoms with Crippen molar-refractivity contribution < 1.29 is 4.39 Å². The van der Waals surface area contributed by atoms with Crippen molar-refractivity contribution in [2.75, 3.05) is 0 Å². The number of hydrogen-bond donors (Lipinski definition) is 0. The molecule has 0 N–H and O–H groups in total. The van der Waals surface area contributed by atoms with Gasteiger partial charge in [-0.3, -0.25) is 4.98 Å². The molecule has 2 heteroatoms. The van der Waals surface area contributed by atoms with Crippen LogP contribution in [0.15, 0.2) is 12.4 Å². The Bertz CT molecular complexity index is 269. The maximum atomic E-state index is 13.2. The lowest BCUT2D eigenvalue weighted by Gasteiger charge is -2.11. The van der Waals surface area contributed by atoms with Crippen molar-refractivity contribution in [1.82, 2.24) is 4.98 Å². The lowest BCUT2D eigenvalue weighted by molar-refractivity contribution is 0.587. The van der Waals surface area contributed by atoms with Crippen LogP contribution in [0.25, 0.3) is 0 Å². The fourth-order valence-corrected chi connectivity index (χ4v) is 1.41. The highest BCUT2D eigenvalue weighted by Crippen LogP contribution is 2.21. The van der Waals surface area contributed by atoms with Crippen molar-refractivity contribution in [3.63, 3.8) is 0 Å². The first-order chi connectivity index (χ1) is 5.66. The summed E-state index contributed by atoms with van der Waals surface area (Å²) in [6.07, 6.45) is 3.88. The zero-order chi connectivity index (χ0) is 9.14. The van der Waals surface area contributed by atoms with Crippen molar-refractivity contribution >= 4 is 0 Å². The third kappa shape index (κ3) is 1.63. The normalized spacial score (nSPS) is 10.8. The first-order valence-electron chi connectivity index (χ1n) is 4.29. The lowest BCUT2D eigenvalue weighted by Crippen LogP contribution is -2.00. The molecule has 0 aliphatic carbocycles. The van der Waals surface area contributed by atoms with Crippen molar-refractivity contribution in [2.45, 2.75) is 33.1 Å². The highest BCUT2D eigenvalue weighted by atomic mass is 19.1. The standard InChI is InChI=1S/C10H14FN/c1-4-8-5-12-6-9(11)10(8)7(2)3/h5-7H,4H2,1-3H3. The number of rotatable bonds is 2. The van der Waals surface area contributed by atoms with E-state index < -0.39 is 0 Å². The van der Waals surface area contributed by atoms with Gasteiger partial charge in [-0.05, 0) is 23.5 Å². The fourth-order valence-electron chi connectivity index (χ4n) is 1.41. The van der Waals surface area contributed by atoms with Crippen molar-refractivity contribution in [2.24, 2.45) is 0 Å². The zero-order valence-electron chi connectivity index (χ0n) is 7.76. The van der Waals surface area contributed by atoms with Crippen LogP contribution in [0.2, 0.25) is 0 Å². The van der Waals surface area contributed by atoms with E-state index in [1.165, 1.54) is 6.20 Å². The van der Waals surface area contributed by atoms with Crippen LogP contribution in [0, 0.1) is 5.82 Å². The summed E-state index contributed by atoms with van der Waals surface area (Å²) in [5.74, 6) is 0.0623. The van der Waals surface area contributed by atoms with Gasteiger partial charge in [0, 0.05) is 6.20 Å². The minimum atomic E-state index is -0.177. The Morgan fingerprint density at radius 3 is 2.50 bits per heavy atom. The van der Waals surface area contributed by atoms with Gasteiger partial charge in [0.25, 0.3) is 0 Å². The lowest BCUT2D eigenvalue weighted by atomic mass is 9.97. The summed E-state index contributed by atoms with van der Waals surface area (Å²) in [7, 11) is 0. The van der Waals surface area contributed by atoms with Gasteiger partial charge in [0.1, 0.15) is 5.82 Å². The van der Waals surface area contributed by atoms with Gasteiger partial charge >= 0.3 is 0 Å². The molecule has 1 rings (SSSR count). The molecule has 12 heavy (non-hydrogen) atoms. The molecule has 0 bridgehead atoms. The van der Waals surface area contributed by atoms with Gasteiger partial charge in [0.05, 0.1) is 6.20 Å². The first kappa shape index (κ1) is 9.17. The molecular weight excluding hydrogens is 153 g/mol. The van der Waals surface area contributed by atoms with Crippen LogP contribution in [0.4, 0.5) is 4.39 Å². The van der Waals surface area contributed by atoms with Crippen molar-refractivity contribution in [1.29, 1.82) is 0 Å². The maximum absolute atomic E-state index is 13.2. The van der Waals surface area contributed by atoms with E-state index in [1.807, 2.05) is 20.8 Å². The summed E-state index contributed by atoms with van der Waals surface area (Å²) in [4.78, 5) is 3.82. The largest absolute Gasteiger partial charge is 0.261 e. The number of hydrogen-bond acceptors (Lipinski definition) is 1. The Labute approximate surface area is 72.6 Å². The van der Waals surface area contributed by atoms with Gasteiger partial charge in [-0.1, -0.05) is 20.8 Å². The van der Waals surface area contributed by atoms with Gasteiger partial charge in [-0.2, -0.15) is 0 Å². The molecule has 1 heterocycles. The average Bonchev–Trinajstić information content (AvgIpc) is 2.03. The Hall–Kier alpha value is -0.920. The van der Waals surface area contributed by atoms with Gasteiger partial charge in [-0.15, -0.1) is 0 Å². The molecule has 0 saturated heterocycles. The molecule has 0 aromatic carbocycles. The van der Waals surface area contributed by atoms with E-state index in [0.29, 0.717) is 0 Å². The predicted octanol–water partition coefficient (Wildman–Crippen LogP) is 2.91. The van der Waals surface area contributed by atoms with Gasteiger partial charge < -0.3 is 0 Å². The van der Waals surface area contributed by atoms with E-state index in [4.69, 9.17) is 0 Å². The summed E-state index contributed by atoms with van der Waals surface area (Å²) in [5, 5.41) is 0. The molecule has 0 radical (unpaired) electrons. The first-order valence-corrected chi connectivity index (χ1v) is 4.29. The number of aryl methyl sites for hydroxylation is 1. The van der Waals surface area contributed by atoms with E-state index in [9.17, 15) is 4.39 Å². The molecule has 1 aromatic rings. The summed E-state index contributed by atoms with van der Waals surface area (Å²) in [6.45, 7) is 6.01. The topological polar surface area (TPSA) is 12.9 Å². The number of halogens is 1. The second-order valence-electron chi connectivity index (χ2n) is 3.20. The summed E-state index contributed by atoms with van der Waals surface area (Å²) >= 11 is 0. The van der Waals surface area contributed by atoms with Crippen molar-refractivity contribution in [3.05, 3.63) is 29.3 Å². The van der Waals surface area contributed by atoms with Gasteiger partial charge in [0.2, 0.25) is 0 Å². The minimum Gasteiger partial charge on any atom is -0.261 e. The summed E-state index contributed by atoms with van der Waals surface area (Å²) in [5.41, 5.74) is 1.83. The molecule has 0 saturated carbocycles. The van der Waals surface area contributed by atoms with E-state index in [-0.39, 0.29) is 11.7 Å². The third-order valence-electron chi connectivity index (χ3n) is 1.98. The van der Waals surface area contributed by atoms with E-state index in [1.54, 1.807) is 6.20 Å². The molecule has 1 nitrogen and oxygen atoms in total. The Kier molecular flexibility index (Phi) is 2.79. The molecule has 0 fully saturated rings. The molecule has 1 aromatic heterocycles. The van der Waals surface area contributed by atoms with E-state index in [0.717, 1.165) is 17.5 Å². The summed E-state index contributed by atoms with van der Waals surface area (Å²) < 4.78 is 13.2. The molecule has 0 unspecified atom stereocenters. The summed E-state index contributed by atoms with van der Waals surface area (Å²) in [6, 6.07) is 0. The second-order valence-corrected chi connectivity index (χ2v) is 3.20. The minimum absolute atomic E-state index is 0.177. The third-order valence-corrected chi connectivity index (χ3v) is 1.98. The van der Waals surface area contributed by atoms with Crippen LogP contribution in [0.3, 0.4) is 0 Å². The molecule has 0 aliphatic rings. The fraction of sp³-hybridized carbons (Fsp3) is 0.500. The molecule has 0 spiro atoms. The molecule has 0 aliphatic heterocycles. The van der Waals surface area contributed by atoms with Crippen LogP contribution in [0.1, 0.15) is 37.8 Å². The number of pyridine rings is 1. The van der Waals surface area contributed by atoms with Crippen LogP contribution in [-0.2, 0) is 6.42 Å². The monoisotopic (exact) mass is 167 g/mol. The molecule has 0 atom stereocenters. The molecular formula is C10H14FN. The van der Waals surface area contributed by atoms with Gasteiger partial charge in [0.15, 0.2) is 0 Å². The molecule has 0 amide bonds. The maximum Gasteiger partial charge on any atom is 0.145 e. The van der Waals surface area contributed by atoms with Crippen LogP contribution >= 0.6 is 0 Å². The van der Waals surface area contributed by atoms with Crippen LogP contribution in [-0.4, -0.2) is 4.98 Å². The van der Waals surface area contributed by atoms with Gasteiger partial charge in [-0.25, -0.2) is 4.39 Å². The smallest absolute Gasteiger partial charge is 0.145 e. The highest BCUT2D eigenvalue weighted by molar-refractivity contribution is 5.27. The van der Waals surface area contributed by atoms with Crippen LogP contribution in [0.5, 0.6) is 0 Å². The van der Waals surface area contributed by atoms with Crippen molar-refractivity contribution in [3.8, 4) is 0 Å². The Balaban J connectivity index is 3.20. The average molecular weight is 167 g/mol.